The third-order valence-electron chi connectivity index (χ3n) is 6.30. The molecule has 1 aromatic rings. The first-order valence-electron chi connectivity index (χ1n) is 10.3. The average molecular weight is 395 g/mol. The van der Waals surface area contributed by atoms with E-state index in [1.54, 1.807) is 0 Å². The van der Waals surface area contributed by atoms with E-state index >= 15 is 0 Å². The smallest absolute Gasteiger partial charge is 0.200 e. The maximum atomic E-state index is 5.53. The van der Waals surface area contributed by atoms with E-state index in [4.69, 9.17) is 14.5 Å². The summed E-state index contributed by atoms with van der Waals surface area (Å²) < 4.78 is 13.5. The van der Waals surface area contributed by atoms with Gasteiger partial charge in [-0.15, -0.1) is 0 Å². The lowest BCUT2D eigenvalue weighted by Gasteiger charge is -2.35. The summed E-state index contributed by atoms with van der Waals surface area (Å²) in [7, 11) is -1.83. The molecule has 0 amide bonds. The lowest BCUT2D eigenvalue weighted by molar-refractivity contribution is -0.547. The second kappa shape index (κ2) is 7.10. The number of benzene rings is 1. The van der Waals surface area contributed by atoms with Crippen molar-refractivity contribution in [3.8, 4) is 0 Å². The molecule has 6 heteroatoms. The van der Waals surface area contributed by atoms with Gasteiger partial charge in [0.15, 0.2) is 18.8 Å². The van der Waals surface area contributed by atoms with Crippen molar-refractivity contribution in [3.63, 3.8) is 0 Å². The molecule has 5 nitrogen and oxygen atoms in total. The zero-order chi connectivity index (χ0) is 19.1. The summed E-state index contributed by atoms with van der Waals surface area (Å²) in [4.78, 5) is 7.46. The molecule has 1 aromatic carbocycles. The van der Waals surface area contributed by atoms with Gasteiger partial charge in [-0.05, 0) is 34.7 Å². The van der Waals surface area contributed by atoms with Gasteiger partial charge in [0.05, 0.1) is 24.6 Å². The highest BCUT2D eigenvalue weighted by atomic mass is 28.3. The maximum Gasteiger partial charge on any atom is 0.200 e. The highest BCUT2D eigenvalue weighted by Gasteiger charge is 2.38. The molecule has 5 rings (SSSR count). The SMILES string of the molecule is C[Si]1(C)C2=CC(=[N+]3CCOCC3)C=CC2=Nc2ccc(N3CCOCC3)cc21. The van der Waals surface area contributed by atoms with Gasteiger partial charge in [0, 0.05) is 30.9 Å². The standard InChI is InChI=1S/C22H28N3O2Si/c1-28(2)21-15-17(24-7-11-26-12-8-24)3-5-19(21)23-20-6-4-18(16-22(20)28)25-9-13-27-14-10-25/h3-6,15-16H,7-14H2,1-2H3/q+1. The maximum absolute atomic E-state index is 5.53. The van der Waals surface area contributed by atoms with Crippen molar-refractivity contribution in [2.75, 3.05) is 57.5 Å². The Labute approximate surface area is 167 Å². The number of allylic oxidation sites excluding steroid dienone is 4. The van der Waals surface area contributed by atoms with Crippen molar-refractivity contribution in [1.82, 2.24) is 0 Å². The molecule has 0 saturated carbocycles. The van der Waals surface area contributed by atoms with Gasteiger partial charge in [0.1, 0.15) is 21.3 Å². The predicted molar refractivity (Wildman–Crippen MR) is 117 cm³/mol. The molecule has 0 radical (unpaired) electrons. The van der Waals surface area contributed by atoms with Crippen LogP contribution in [0.3, 0.4) is 0 Å². The number of rotatable bonds is 1. The van der Waals surface area contributed by atoms with Gasteiger partial charge < -0.3 is 14.4 Å². The van der Waals surface area contributed by atoms with Crippen molar-refractivity contribution < 1.29 is 14.0 Å². The van der Waals surface area contributed by atoms with Crippen LogP contribution < -0.4 is 10.1 Å². The highest BCUT2D eigenvalue weighted by molar-refractivity contribution is 7.01. The van der Waals surface area contributed by atoms with Crippen LogP contribution in [-0.2, 0) is 9.47 Å². The summed E-state index contributed by atoms with van der Waals surface area (Å²) in [6, 6.07) is 6.85. The van der Waals surface area contributed by atoms with Crippen molar-refractivity contribution in [1.29, 1.82) is 0 Å². The molecular weight excluding hydrogens is 366 g/mol. The Bertz CT molecular complexity index is 916. The van der Waals surface area contributed by atoms with E-state index in [-0.39, 0.29) is 0 Å². The van der Waals surface area contributed by atoms with Crippen LogP contribution in [0.15, 0.2) is 46.6 Å². The summed E-state index contributed by atoms with van der Waals surface area (Å²) in [6.45, 7) is 12.1. The van der Waals surface area contributed by atoms with E-state index in [0.717, 1.165) is 64.0 Å². The molecule has 0 atom stereocenters. The van der Waals surface area contributed by atoms with Crippen LogP contribution in [0.1, 0.15) is 0 Å². The van der Waals surface area contributed by atoms with Gasteiger partial charge in [0.2, 0.25) is 0 Å². The number of hydrogen-bond donors (Lipinski definition) is 0. The highest BCUT2D eigenvalue weighted by Crippen LogP contribution is 2.32. The zero-order valence-corrected chi connectivity index (χ0v) is 17.8. The fraction of sp³-hybridized carbons (Fsp3) is 0.455. The molecule has 146 valence electrons. The second-order valence-corrected chi connectivity index (χ2v) is 12.7. The van der Waals surface area contributed by atoms with Crippen LogP contribution in [-0.4, -0.2) is 76.7 Å². The minimum Gasteiger partial charge on any atom is -0.378 e. The Balaban J connectivity index is 1.55. The van der Waals surface area contributed by atoms with Gasteiger partial charge in [-0.1, -0.05) is 13.1 Å². The molecule has 2 saturated heterocycles. The zero-order valence-electron chi connectivity index (χ0n) is 16.8. The molecule has 0 bridgehead atoms. The van der Waals surface area contributed by atoms with E-state index in [1.165, 1.54) is 21.8 Å². The Hall–Kier alpha value is -2.02. The topological polar surface area (TPSA) is 37.1 Å². The lowest BCUT2D eigenvalue weighted by atomic mass is 10.1. The minimum absolute atomic E-state index is 0.814. The minimum atomic E-state index is -1.83. The lowest BCUT2D eigenvalue weighted by Crippen LogP contribution is -2.50. The average Bonchev–Trinajstić information content (AvgIpc) is 2.75. The molecular formula is C22H28N3O2Si+. The van der Waals surface area contributed by atoms with Gasteiger partial charge in [-0.25, -0.2) is 9.57 Å². The molecule has 3 heterocycles. The molecule has 0 spiro atoms. The fourth-order valence-electron chi connectivity index (χ4n) is 4.56. The second-order valence-electron chi connectivity index (χ2n) is 8.34. The number of morpholine rings is 2. The molecule has 0 unspecified atom stereocenters. The number of anilines is 1. The van der Waals surface area contributed by atoms with Gasteiger partial charge in [-0.2, -0.15) is 0 Å². The monoisotopic (exact) mass is 394 g/mol. The molecule has 28 heavy (non-hydrogen) atoms. The normalized spacial score (nSPS) is 23.7. The van der Waals surface area contributed by atoms with Crippen molar-refractivity contribution >= 4 is 36.1 Å². The number of hydrogen-bond acceptors (Lipinski definition) is 4. The molecule has 0 aromatic heterocycles. The molecule has 4 aliphatic rings. The Morgan fingerprint density at radius 2 is 1.75 bits per heavy atom. The summed E-state index contributed by atoms with van der Waals surface area (Å²) in [6.07, 6.45) is 6.85. The van der Waals surface area contributed by atoms with Crippen molar-refractivity contribution in [2.45, 2.75) is 13.1 Å². The van der Waals surface area contributed by atoms with Gasteiger partial charge in [0.25, 0.3) is 0 Å². The van der Waals surface area contributed by atoms with E-state index in [9.17, 15) is 0 Å². The largest absolute Gasteiger partial charge is 0.378 e. The third-order valence-corrected chi connectivity index (χ3v) is 9.79. The number of nitrogens with zero attached hydrogens (tertiary/aromatic N) is 3. The van der Waals surface area contributed by atoms with Crippen molar-refractivity contribution in [3.05, 3.63) is 41.6 Å². The van der Waals surface area contributed by atoms with E-state index in [2.05, 4.69) is 59.0 Å². The van der Waals surface area contributed by atoms with Crippen LogP contribution in [0.25, 0.3) is 0 Å². The van der Waals surface area contributed by atoms with E-state index in [0.29, 0.717) is 0 Å². The quantitative estimate of drug-likeness (QED) is 0.416. The summed E-state index contributed by atoms with van der Waals surface area (Å²) in [5.74, 6) is 0. The van der Waals surface area contributed by atoms with Crippen molar-refractivity contribution in [2.24, 2.45) is 4.99 Å². The van der Waals surface area contributed by atoms with Gasteiger partial charge >= 0.3 is 0 Å². The first-order valence-corrected chi connectivity index (χ1v) is 13.3. The Morgan fingerprint density at radius 3 is 2.54 bits per heavy atom. The Kier molecular flexibility index (Phi) is 4.57. The number of fused-ring (bicyclic) bond motifs is 2. The van der Waals surface area contributed by atoms with Gasteiger partial charge in [-0.3, -0.25) is 0 Å². The Morgan fingerprint density at radius 1 is 1.00 bits per heavy atom. The summed E-state index contributed by atoms with van der Waals surface area (Å²) in [5, 5.41) is 2.89. The first-order chi connectivity index (χ1) is 13.6. The predicted octanol–water partition coefficient (Wildman–Crippen LogP) is 2.04. The van der Waals surface area contributed by atoms with Crippen LogP contribution in [0.5, 0.6) is 0 Å². The third kappa shape index (κ3) is 3.09. The first kappa shape index (κ1) is 18.0. The van der Waals surface area contributed by atoms with E-state index in [1.807, 2.05) is 0 Å². The molecule has 2 fully saturated rings. The van der Waals surface area contributed by atoms with Crippen LogP contribution in [0.4, 0.5) is 11.4 Å². The number of ether oxygens (including phenoxy) is 2. The van der Waals surface area contributed by atoms with Crippen LogP contribution >= 0.6 is 0 Å². The number of aliphatic imine (C=N–C) groups is 1. The van der Waals surface area contributed by atoms with Crippen LogP contribution in [0.2, 0.25) is 13.1 Å². The summed E-state index contributed by atoms with van der Waals surface area (Å²) in [5.41, 5.74) is 4.93. The van der Waals surface area contributed by atoms with E-state index < -0.39 is 8.07 Å². The molecule has 0 N–H and O–H groups in total. The fourth-order valence-corrected chi connectivity index (χ4v) is 7.42. The molecule has 3 aliphatic heterocycles. The summed E-state index contributed by atoms with van der Waals surface area (Å²) >= 11 is 0. The molecule has 1 aliphatic carbocycles. The van der Waals surface area contributed by atoms with Crippen LogP contribution in [0, 0.1) is 0 Å².